The number of hydrogen-bond donors (Lipinski definition) is 1. The van der Waals surface area contributed by atoms with Crippen LogP contribution in [0.15, 0.2) is 15.5 Å². The molecule has 1 aliphatic rings. The molecule has 0 aliphatic heterocycles. The van der Waals surface area contributed by atoms with E-state index in [4.69, 9.17) is 4.52 Å². The van der Waals surface area contributed by atoms with Gasteiger partial charge in [-0.3, -0.25) is 0 Å². The predicted octanol–water partition coefficient (Wildman–Crippen LogP) is 2.50. The molecule has 1 N–H and O–H groups in total. The van der Waals surface area contributed by atoms with E-state index in [0.717, 1.165) is 18.9 Å². The summed E-state index contributed by atoms with van der Waals surface area (Å²) in [5, 5.41) is 3.58. The summed E-state index contributed by atoms with van der Waals surface area (Å²) in [5.41, 5.74) is -0.435. The number of halogens is 3. The molecular formula is C15H17F3N4O3S. The van der Waals surface area contributed by atoms with Crippen LogP contribution in [0.4, 0.5) is 13.2 Å². The number of nitrogens with one attached hydrogen (secondary N) is 1. The Hall–Kier alpha value is -2.01. The molecule has 2 aromatic heterocycles. The van der Waals surface area contributed by atoms with Crippen molar-refractivity contribution in [3.63, 3.8) is 0 Å². The predicted molar refractivity (Wildman–Crippen MR) is 83.9 cm³/mol. The van der Waals surface area contributed by atoms with Crippen molar-refractivity contribution >= 4 is 10.0 Å². The molecule has 7 nitrogen and oxygen atoms in total. The van der Waals surface area contributed by atoms with Crippen LogP contribution in [0.25, 0.3) is 0 Å². The molecule has 0 saturated heterocycles. The van der Waals surface area contributed by atoms with Crippen molar-refractivity contribution < 1.29 is 26.1 Å². The monoisotopic (exact) mass is 390 g/mol. The summed E-state index contributed by atoms with van der Waals surface area (Å²) in [4.78, 5) is 7.61. The number of alkyl halides is 3. The van der Waals surface area contributed by atoms with Crippen LogP contribution in [0, 0.1) is 13.8 Å². The van der Waals surface area contributed by atoms with Crippen LogP contribution in [0.2, 0.25) is 0 Å². The quantitative estimate of drug-likeness (QED) is 0.814. The van der Waals surface area contributed by atoms with E-state index in [1.165, 1.54) is 13.8 Å². The maximum atomic E-state index is 13.0. The number of sulfonamides is 1. The molecule has 26 heavy (non-hydrogen) atoms. The zero-order valence-corrected chi connectivity index (χ0v) is 14.9. The third-order valence-electron chi connectivity index (χ3n) is 3.96. The second kappa shape index (κ2) is 6.62. The van der Waals surface area contributed by atoms with Crippen LogP contribution in [-0.4, -0.2) is 30.1 Å². The normalized spacial score (nSPS) is 15.4. The Balaban J connectivity index is 1.74. The van der Waals surface area contributed by atoms with Crippen LogP contribution >= 0.6 is 0 Å². The molecule has 0 bridgehead atoms. The van der Waals surface area contributed by atoms with Gasteiger partial charge in [0.15, 0.2) is 5.76 Å². The molecule has 1 aliphatic carbocycles. The van der Waals surface area contributed by atoms with Crippen LogP contribution in [0.3, 0.4) is 0 Å². The van der Waals surface area contributed by atoms with E-state index in [1.807, 2.05) is 0 Å². The summed E-state index contributed by atoms with van der Waals surface area (Å²) < 4.78 is 70.8. The summed E-state index contributed by atoms with van der Waals surface area (Å²) in [6.45, 7) is 2.81. The van der Waals surface area contributed by atoms with Gasteiger partial charge in [0.1, 0.15) is 22.1 Å². The molecule has 3 rings (SSSR count). The second-order valence-corrected chi connectivity index (χ2v) is 7.87. The van der Waals surface area contributed by atoms with Gasteiger partial charge in [0.25, 0.3) is 0 Å². The fraction of sp³-hybridized carbons (Fsp3) is 0.533. The molecule has 142 valence electrons. The summed E-state index contributed by atoms with van der Waals surface area (Å²) in [7, 11) is -3.89. The summed E-state index contributed by atoms with van der Waals surface area (Å²) in [6, 6.07) is 0.967. The van der Waals surface area contributed by atoms with Crippen LogP contribution < -0.4 is 4.72 Å². The van der Waals surface area contributed by atoms with E-state index in [0.29, 0.717) is 5.69 Å². The minimum atomic E-state index is -4.57. The van der Waals surface area contributed by atoms with E-state index in [-0.39, 0.29) is 41.1 Å². The first kappa shape index (κ1) is 18.8. The van der Waals surface area contributed by atoms with Gasteiger partial charge in [-0.2, -0.15) is 13.2 Å². The Labute approximate surface area is 148 Å². The van der Waals surface area contributed by atoms with Crippen LogP contribution in [0.1, 0.15) is 47.4 Å². The van der Waals surface area contributed by atoms with Gasteiger partial charge in [-0.1, -0.05) is 5.16 Å². The molecular weight excluding hydrogens is 373 g/mol. The summed E-state index contributed by atoms with van der Waals surface area (Å²) >= 11 is 0. The van der Waals surface area contributed by atoms with Crippen molar-refractivity contribution in [1.29, 1.82) is 0 Å². The average molecular weight is 390 g/mol. The first-order valence-corrected chi connectivity index (χ1v) is 9.44. The molecule has 1 fully saturated rings. The van der Waals surface area contributed by atoms with Gasteiger partial charge in [0, 0.05) is 24.6 Å². The third-order valence-corrected chi connectivity index (χ3v) is 5.66. The highest BCUT2D eigenvalue weighted by Crippen LogP contribution is 2.40. The fourth-order valence-corrected chi connectivity index (χ4v) is 3.95. The van der Waals surface area contributed by atoms with Crippen molar-refractivity contribution in [2.45, 2.75) is 50.1 Å². The first-order chi connectivity index (χ1) is 12.1. The smallest absolute Gasteiger partial charge is 0.360 e. The highest BCUT2D eigenvalue weighted by Gasteiger charge is 2.36. The van der Waals surface area contributed by atoms with Crippen LogP contribution in [0.5, 0.6) is 0 Å². The highest BCUT2D eigenvalue weighted by atomic mass is 32.2. The SMILES string of the molecule is Cc1noc(C)c1S(=O)(=O)NCCc1nc(C2CC2)cc(C(F)(F)F)n1. The number of rotatable bonds is 6. The molecule has 0 spiro atoms. The zero-order chi connectivity index (χ0) is 19.1. The van der Waals surface area contributed by atoms with Gasteiger partial charge in [0.05, 0.1) is 0 Å². The molecule has 0 atom stereocenters. The van der Waals surface area contributed by atoms with E-state index in [9.17, 15) is 21.6 Å². The van der Waals surface area contributed by atoms with Gasteiger partial charge in [-0.25, -0.2) is 23.1 Å². The molecule has 2 heterocycles. The maximum absolute atomic E-state index is 13.0. The molecule has 0 radical (unpaired) electrons. The minimum absolute atomic E-state index is 0.0249. The molecule has 0 amide bonds. The van der Waals surface area contributed by atoms with Crippen molar-refractivity contribution in [1.82, 2.24) is 19.8 Å². The van der Waals surface area contributed by atoms with Crippen molar-refractivity contribution in [3.05, 3.63) is 34.7 Å². The zero-order valence-electron chi connectivity index (χ0n) is 14.1. The molecule has 0 aromatic carbocycles. The van der Waals surface area contributed by atoms with Gasteiger partial charge in [0.2, 0.25) is 10.0 Å². The first-order valence-electron chi connectivity index (χ1n) is 7.95. The fourth-order valence-electron chi connectivity index (χ4n) is 2.59. The van der Waals surface area contributed by atoms with Gasteiger partial charge >= 0.3 is 6.18 Å². The Morgan fingerprint density at radius 1 is 1.27 bits per heavy atom. The average Bonchev–Trinajstić information content (AvgIpc) is 3.31. The van der Waals surface area contributed by atoms with E-state index in [1.54, 1.807) is 0 Å². The molecule has 11 heteroatoms. The Morgan fingerprint density at radius 2 is 1.96 bits per heavy atom. The molecule has 1 saturated carbocycles. The number of aromatic nitrogens is 3. The Morgan fingerprint density at radius 3 is 2.50 bits per heavy atom. The van der Waals surface area contributed by atoms with E-state index >= 15 is 0 Å². The van der Waals surface area contributed by atoms with Gasteiger partial charge in [-0.15, -0.1) is 0 Å². The number of aryl methyl sites for hydroxylation is 2. The molecule has 0 unspecified atom stereocenters. The maximum Gasteiger partial charge on any atom is 0.433 e. The lowest BCUT2D eigenvalue weighted by Crippen LogP contribution is -2.27. The van der Waals surface area contributed by atoms with Crippen LogP contribution in [-0.2, 0) is 22.6 Å². The Bertz CT molecular complexity index is 901. The summed E-state index contributed by atoms with van der Waals surface area (Å²) in [5.74, 6) is 0.126. The molecule has 2 aromatic rings. The van der Waals surface area contributed by atoms with Gasteiger partial charge in [-0.05, 0) is 32.8 Å². The van der Waals surface area contributed by atoms with E-state index < -0.39 is 21.9 Å². The number of hydrogen-bond acceptors (Lipinski definition) is 6. The minimum Gasteiger partial charge on any atom is -0.360 e. The largest absolute Gasteiger partial charge is 0.433 e. The van der Waals surface area contributed by atoms with Crippen molar-refractivity contribution in [3.8, 4) is 0 Å². The van der Waals surface area contributed by atoms with E-state index in [2.05, 4.69) is 19.8 Å². The van der Waals surface area contributed by atoms with Gasteiger partial charge < -0.3 is 4.52 Å². The standard InChI is InChI=1S/C15H17F3N4O3S/c1-8-14(9(2)25-22-8)26(23,24)19-6-5-13-20-11(10-3-4-10)7-12(21-13)15(16,17)18/h7,10,19H,3-6H2,1-2H3. The second-order valence-electron chi connectivity index (χ2n) is 6.17. The topological polar surface area (TPSA) is 98.0 Å². The van der Waals surface area contributed by atoms with Crippen molar-refractivity contribution in [2.75, 3.05) is 6.54 Å². The summed E-state index contributed by atoms with van der Waals surface area (Å²) in [6.07, 6.45) is -3.04. The lowest BCUT2D eigenvalue weighted by atomic mass is 10.2. The lowest BCUT2D eigenvalue weighted by molar-refractivity contribution is -0.141. The third kappa shape index (κ3) is 4.04. The highest BCUT2D eigenvalue weighted by molar-refractivity contribution is 7.89. The Kier molecular flexibility index (Phi) is 4.78. The van der Waals surface area contributed by atoms with Crippen molar-refractivity contribution in [2.24, 2.45) is 0 Å². The lowest BCUT2D eigenvalue weighted by Gasteiger charge is -2.11. The number of nitrogens with zero attached hydrogens (tertiary/aromatic N) is 3.